The number of amides is 2. The molecule has 0 saturated heterocycles. The van der Waals surface area contributed by atoms with Crippen molar-refractivity contribution in [1.29, 1.82) is 0 Å². The van der Waals surface area contributed by atoms with E-state index in [1.807, 2.05) is 13.8 Å². The van der Waals surface area contributed by atoms with Gasteiger partial charge in [-0.15, -0.1) is 0 Å². The van der Waals surface area contributed by atoms with Crippen molar-refractivity contribution in [3.8, 4) is 0 Å². The fraction of sp³-hybridized carbons (Fsp3) is 0.462. The zero-order valence-electron chi connectivity index (χ0n) is 10.8. The van der Waals surface area contributed by atoms with E-state index in [-0.39, 0.29) is 17.3 Å². The first kappa shape index (κ1) is 14.4. The number of anilines is 1. The van der Waals surface area contributed by atoms with Gasteiger partial charge >= 0.3 is 6.03 Å². The van der Waals surface area contributed by atoms with Crippen LogP contribution in [0.15, 0.2) is 24.3 Å². The quantitative estimate of drug-likeness (QED) is 0.754. The molecule has 1 aromatic carbocycles. The fourth-order valence-corrected chi connectivity index (χ4v) is 1.51. The first-order valence-corrected chi connectivity index (χ1v) is 5.93. The number of carbonyl (C=O) groups excluding carboxylic acids is 1. The molecule has 0 radical (unpaired) electrons. The largest absolute Gasteiger partial charge is 0.337 e. The van der Waals surface area contributed by atoms with Crippen molar-refractivity contribution in [2.75, 3.05) is 18.4 Å². The Morgan fingerprint density at radius 2 is 1.94 bits per heavy atom. The summed E-state index contributed by atoms with van der Waals surface area (Å²) in [6.45, 7) is 5.21. The number of nitrogens with one attached hydrogen (secondary N) is 2. The molecule has 1 aromatic rings. The van der Waals surface area contributed by atoms with Crippen LogP contribution in [0.4, 0.5) is 14.9 Å². The molecule has 0 unspecified atom stereocenters. The van der Waals surface area contributed by atoms with Gasteiger partial charge in [0.1, 0.15) is 5.82 Å². The molecule has 0 aliphatic heterocycles. The Hall–Kier alpha value is -1.62. The van der Waals surface area contributed by atoms with Gasteiger partial charge in [-0.2, -0.15) is 0 Å². The summed E-state index contributed by atoms with van der Waals surface area (Å²) in [6, 6.07) is 5.33. The molecule has 4 nitrogen and oxygen atoms in total. The van der Waals surface area contributed by atoms with Crippen LogP contribution in [0.1, 0.15) is 20.3 Å². The van der Waals surface area contributed by atoms with E-state index in [9.17, 15) is 9.18 Å². The molecular formula is C13H20FN3O. The lowest BCUT2D eigenvalue weighted by molar-refractivity contribution is 0.243. The summed E-state index contributed by atoms with van der Waals surface area (Å²) in [4.78, 5) is 11.6. The number of carbonyl (C=O) groups is 1. The number of urea groups is 1. The normalized spacial score (nSPS) is 11.1. The highest BCUT2D eigenvalue weighted by atomic mass is 19.1. The molecule has 0 aliphatic rings. The minimum Gasteiger partial charge on any atom is -0.337 e. The van der Waals surface area contributed by atoms with Crippen molar-refractivity contribution in [3.05, 3.63) is 30.1 Å². The average Bonchev–Trinajstić information content (AvgIpc) is 2.30. The Morgan fingerprint density at radius 1 is 1.33 bits per heavy atom. The number of hydrogen-bond donors (Lipinski definition) is 3. The first-order chi connectivity index (χ1) is 8.43. The van der Waals surface area contributed by atoms with Crippen LogP contribution in [0.2, 0.25) is 0 Å². The number of halogens is 1. The van der Waals surface area contributed by atoms with Crippen LogP contribution in [-0.4, -0.2) is 19.1 Å². The molecule has 0 aromatic heterocycles. The maximum atomic E-state index is 12.7. The van der Waals surface area contributed by atoms with E-state index in [0.29, 0.717) is 18.8 Å². The topological polar surface area (TPSA) is 67.1 Å². The summed E-state index contributed by atoms with van der Waals surface area (Å²) in [7, 11) is 0. The Morgan fingerprint density at radius 3 is 2.50 bits per heavy atom. The van der Waals surface area contributed by atoms with Crippen LogP contribution in [0.3, 0.4) is 0 Å². The third-order valence-corrected chi connectivity index (χ3v) is 2.65. The molecule has 0 spiro atoms. The second-order valence-electron chi connectivity index (χ2n) is 5.02. The van der Waals surface area contributed by atoms with Gasteiger partial charge in [-0.3, -0.25) is 0 Å². The van der Waals surface area contributed by atoms with Crippen LogP contribution < -0.4 is 16.4 Å². The molecule has 4 N–H and O–H groups in total. The van der Waals surface area contributed by atoms with Gasteiger partial charge < -0.3 is 16.4 Å². The maximum absolute atomic E-state index is 12.7. The summed E-state index contributed by atoms with van der Waals surface area (Å²) < 4.78 is 12.7. The van der Waals surface area contributed by atoms with Crippen LogP contribution >= 0.6 is 0 Å². The lowest BCUT2D eigenvalue weighted by Gasteiger charge is -2.24. The van der Waals surface area contributed by atoms with E-state index < -0.39 is 0 Å². The number of benzene rings is 1. The molecule has 1 rings (SSSR count). The van der Waals surface area contributed by atoms with E-state index in [4.69, 9.17) is 5.73 Å². The Labute approximate surface area is 107 Å². The van der Waals surface area contributed by atoms with Gasteiger partial charge in [0.05, 0.1) is 0 Å². The fourth-order valence-electron chi connectivity index (χ4n) is 1.51. The zero-order valence-corrected chi connectivity index (χ0v) is 10.8. The second-order valence-corrected chi connectivity index (χ2v) is 5.02. The molecular weight excluding hydrogens is 233 g/mol. The molecule has 0 heterocycles. The van der Waals surface area contributed by atoms with Crippen molar-refractivity contribution >= 4 is 11.7 Å². The molecule has 0 bridgehead atoms. The molecule has 0 atom stereocenters. The average molecular weight is 253 g/mol. The number of nitrogens with two attached hydrogens (primary N) is 1. The van der Waals surface area contributed by atoms with Gasteiger partial charge in [-0.1, -0.05) is 13.8 Å². The lowest BCUT2D eigenvalue weighted by atomic mass is 9.89. The standard InChI is InChI=1S/C13H20FN3O/c1-13(2,7-8-15)9-16-12(18)17-11-5-3-10(14)4-6-11/h3-6H,7-9,15H2,1-2H3,(H2,16,17,18). The van der Waals surface area contributed by atoms with Gasteiger partial charge in [0.25, 0.3) is 0 Å². The van der Waals surface area contributed by atoms with Crippen molar-refractivity contribution in [2.24, 2.45) is 11.1 Å². The van der Waals surface area contributed by atoms with E-state index in [2.05, 4.69) is 10.6 Å². The molecule has 0 aliphatic carbocycles. The Kier molecular flexibility index (Phi) is 5.09. The number of rotatable bonds is 5. The monoisotopic (exact) mass is 253 g/mol. The second kappa shape index (κ2) is 6.35. The third-order valence-electron chi connectivity index (χ3n) is 2.65. The van der Waals surface area contributed by atoms with Gasteiger partial charge in [0.2, 0.25) is 0 Å². The lowest BCUT2D eigenvalue weighted by Crippen LogP contribution is -2.37. The van der Waals surface area contributed by atoms with E-state index >= 15 is 0 Å². The first-order valence-electron chi connectivity index (χ1n) is 5.93. The summed E-state index contributed by atoms with van der Waals surface area (Å²) in [6.07, 6.45) is 0.837. The van der Waals surface area contributed by atoms with Crippen molar-refractivity contribution in [2.45, 2.75) is 20.3 Å². The van der Waals surface area contributed by atoms with E-state index in [1.54, 1.807) is 0 Å². The van der Waals surface area contributed by atoms with Crippen LogP contribution in [0.5, 0.6) is 0 Å². The number of hydrogen-bond acceptors (Lipinski definition) is 2. The highest BCUT2D eigenvalue weighted by molar-refractivity contribution is 5.89. The van der Waals surface area contributed by atoms with Crippen molar-refractivity contribution in [1.82, 2.24) is 5.32 Å². The molecule has 5 heteroatoms. The van der Waals surface area contributed by atoms with Crippen LogP contribution in [-0.2, 0) is 0 Å². The Bertz CT molecular complexity index is 390. The zero-order chi connectivity index (χ0) is 13.6. The smallest absolute Gasteiger partial charge is 0.319 e. The van der Waals surface area contributed by atoms with E-state index in [1.165, 1.54) is 24.3 Å². The SMILES string of the molecule is CC(C)(CCN)CNC(=O)Nc1ccc(F)cc1. The highest BCUT2D eigenvalue weighted by Gasteiger charge is 2.17. The molecule has 100 valence electrons. The molecule has 0 fully saturated rings. The minimum absolute atomic E-state index is 0.0329. The Balaban J connectivity index is 2.40. The van der Waals surface area contributed by atoms with Crippen molar-refractivity contribution in [3.63, 3.8) is 0 Å². The third kappa shape index (κ3) is 5.14. The highest BCUT2D eigenvalue weighted by Crippen LogP contribution is 2.17. The molecule has 2 amide bonds. The van der Waals surface area contributed by atoms with Gasteiger partial charge in [0, 0.05) is 12.2 Å². The van der Waals surface area contributed by atoms with Crippen LogP contribution in [0, 0.1) is 11.2 Å². The maximum Gasteiger partial charge on any atom is 0.319 e. The predicted molar refractivity (Wildman–Crippen MR) is 70.9 cm³/mol. The van der Waals surface area contributed by atoms with Gasteiger partial charge in [0.15, 0.2) is 0 Å². The summed E-state index contributed by atoms with van der Waals surface area (Å²) >= 11 is 0. The predicted octanol–water partition coefficient (Wildman–Crippen LogP) is 2.32. The molecule has 0 saturated carbocycles. The van der Waals surface area contributed by atoms with Gasteiger partial charge in [-0.25, -0.2) is 9.18 Å². The summed E-state index contributed by atoms with van der Waals surface area (Å²) in [5.74, 6) is -0.329. The summed E-state index contributed by atoms with van der Waals surface area (Å²) in [5.41, 5.74) is 6.02. The molecule has 18 heavy (non-hydrogen) atoms. The van der Waals surface area contributed by atoms with Crippen LogP contribution in [0.25, 0.3) is 0 Å². The van der Waals surface area contributed by atoms with E-state index in [0.717, 1.165) is 6.42 Å². The summed E-state index contributed by atoms with van der Waals surface area (Å²) in [5, 5.41) is 5.41. The minimum atomic E-state index is -0.329. The van der Waals surface area contributed by atoms with Crippen molar-refractivity contribution < 1.29 is 9.18 Å². The van der Waals surface area contributed by atoms with Gasteiger partial charge in [-0.05, 0) is 42.6 Å².